The highest BCUT2D eigenvalue weighted by molar-refractivity contribution is 5.96. The van der Waals surface area contributed by atoms with Crippen LogP contribution in [0.2, 0.25) is 0 Å². The molecular formula is C19H18FNO3. The molecule has 0 spiro atoms. The second-order valence-electron chi connectivity index (χ2n) is 5.71. The maximum absolute atomic E-state index is 13.5. The predicted octanol–water partition coefficient (Wildman–Crippen LogP) is 2.89. The van der Waals surface area contributed by atoms with Crippen LogP contribution in [0.3, 0.4) is 0 Å². The summed E-state index contributed by atoms with van der Waals surface area (Å²) in [5, 5.41) is 0. The van der Waals surface area contributed by atoms with Crippen molar-refractivity contribution in [3.05, 3.63) is 65.5 Å². The van der Waals surface area contributed by atoms with Crippen LogP contribution in [-0.4, -0.2) is 25.0 Å². The number of carbonyl (C=O) groups is 2. The Labute approximate surface area is 139 Å². The fraction of sp³-hybridized carbons (Fsp3) is 0.263. The lowest BCUT2D eigenvalue weighted by Crippen LogP contribution is -2.38. The van der Waals surface area contributed by atoms with Gasteiger partial charge in [0.1, 0.15) is 5.82 Å². The SMILES string of the molecule is O=C(Cc1ccccc1F)OCC(=O)N1CCCc2ccccc21. The van der Waals surface area contributed by atoms with Crippen LogP contribution >= 0.6 is 0 Å². The van der Waals surface area contributed by atoms with Gasteiger partial charge in [0.2, 0.25) is 0 Å². The number of rotatable bonds is 4. The van der Waals surface area contributed by atoms with E-state index in [2.05, 4.69) is 0 Å². The van der Waals surface area contributed by atoms with Gasteiger partial charge in [0.05, 0.1) is 6.42 Å². The normalized spacial score (nSPS) is 13.3. The molecule has 0 N–H and O–H groups in total. The topological polar surface area (TPSA) is 46.6 Å². The summed E-state index contributed by atoms with van der Waals surface area (Å²) in [6.45, 7) is 0.280. The first kappa shape index (κ1) is 16.2. The second-order valence-corrected chi connectivity index (χ2v) is 5.71. The summed E-state index contributed by atoms with van der Waals surface area (Å²) in [7, 11) is 0. The fourth-order valence-electron chi connectivity index (χ4n) is 2.86. The van der Waals surface area contributed by atoms with E-state index in [-0.39, 0.29) is 24.5 Å². The van der Waals surface area contributed by atoms with E-state index in [1.165, 1.54) is 12.1 Å². The van der Waals surface area contributed by atoms with Gasteiger partial charge in [-0.15, -0.1) is 0 Å². The first-order valence-corrected chi connectivity index (χ1v) is 7.92. The molecule has 0 bridgehead atoms. The van der Waals surface area contributed by atoms with Crippen molar-refractivity contribution in [1.82, 2.24) is 0 Å². The molecule has 3 rings (SSSR count). The van der Waals surface area contributed by atoms with Gasteiger partial charge in [-0.25, -0.2) is 4.39 Å². The van der Waals surface area contributed by atoms with Crippen LogP contribution < -0.4 is 4.90 Å². The van der Waals surface area contributed by atoms with Crippen molar-refractivity contribution in [3.63, 3.8) is 0 Å². The molecule has 1 amide bonds. The van der Waals surface area contributed by atoms with Crippen molar-refractivity contribution in [2.75, 3.05) is 18.1 Å². The lowest BCUT2D eigenvalue weighted by molar-refractivity contribution is -0.147. The Kier molecular flexibility index (Phi) is 4.89. The highest BCUT2D eigenvalue weighted by Gasteiger charge is 2.23. The number of para-hydroxylation sites is 1. The van der Waals surface area contributed by atoms with Gasteiger partial charge in [-0.1, -0.05) is 36.4 Å². The van der Waals surface area contributed by atoms with Crippen molar-refractivity contribution in [3.8, 4) is 0 Å². The van der Waals surface area contributed by atoms with Gasteiger partial charge in [0.15, 0.2) is 6.61 Å². The summed E-state index contributed by atoms with van der Waals surface area (Å²) in [6, 6.07) is 13.8. The minimum absolute atomic E-state index is 0.184. The van der Waals surface area contributed by atoms with Crippen LogP contribution in [0.4, 0.5) is 10.1 Å². The summed E-state index contributed by atoms with van der Waals surface area (Å²) < 4.78 is 18.6. The van der Waals surface area contributed by atoms with Crippen LogP contribution in [0.1, 0.15) is 17.5 Å². The van der Waals surface area contributed by atoms with Crippen molar-refractivity contribution in [2.24, 2.45) is 0 Å². The molecule has 4 nitrogen and oxygen atoms in total. The van der Waals surface area contributed by atoms with Crippen molar-refractivity contribution >= 4 is 17.6 Å². The zero-order chi connectivity index (χ0) is 16.9. The van der Waals surface area contributed by atoms with E-state index in [1.807, 2.05) is 24.3 Å². The van der Waals surface area contributed by atoms with E-state index in [4.69, 9.17) is 4.74 Å². The average Bonchev–Trinajstić information content (AvgIpc) is 2.61. The summed E-state index contributed by atoms with van der Waals surface area (Å²) in [5.74, 6) is -1.33. The van der Waals surface area contributed by atoms with E-state index in [9.17, 15) is 14.0 Å². The van der Waals surface area contributed by atoms with E-state index in [0.717, 1.165) is 24.1 Å². The molecule has 24 heavy (non-hydrogen) atoms. The van der Waals surface area contributed by atoms with E-state index >= 15 is 0 Å². The van der Waals surface area contributed by atoms with Gasteiger partial charge >= 0.3 is 5.97 Å². The molecular weight excluding hydrogens is 309 g/mol. The third-order valence-corrected chi connectivity index (χ3v) is 4.06. The zero-order valence-corrected chi connectivity index (χ0v) is 13.2. The highest BCUT2D eigenvalue weighted by Crippen LogP contribution is 2.26. The molecule has 0 atom stereocenters. The van der Waals surface area contributed by atoms with Crippen LogP contribution in [0.25, 0.3) is 0 Å². The second kappa shape index (κ2) is 7.25. The molecule has 1 aliphatic heterocycles. The van der Waals surface area contributed by atoms with Crippen LogP contribution in [0.15, 0.2) is 48.5 Å². The molecule has 0 fully saturated rings. The molecule has 2 aromatic rings. The minimum Gasteiger partial charge on any atom is -0.455 e. The maximum atomic E-state index is 13.5. The molecule has 124 valence electrons. The van der Waals surface area contributed by atoms with Gasteiger partial charge in [-0.05, 0) is 36.1 Å². The van der Waals surface area contributed by atoms with Crippen LogP contribution in [0, 0.1) is 5.82 Å². The predicted molar refractivity (Wildman–Crippen MR) is 88.2 cm³/mol. The van der Waals surface area contributed by atoms with Crippen molar-refractivity contribution < 1.29 is 18.7 Å². The third kappa shape index (κ3) is 3.62. The van der Waals surface area contributed by atoms with E-state index in [0.29, 0.717) is 6.54 Å². The molecule has 2 aromatic carbocycles. The smallest absolute Gasteiger partial charge is 0.310 e. The molecule has 0 unspecified atom stereocenters. The number of amides is 1. The number of carbonyl (C=O) groups excluding carboxylic acids is 2. The molecule has 0 saturated heterocycles. The molecule has 1 aliphatic rings. The Hall–Kier alpha value is -2.69. The number of fused-ring (bicyclic) bond motifs is 1. The van der Waals surface area contributed by atoms with E-state index < -0.39 is 11.8 Å². The summed E-state index contributed by atoms with van der Waals surface area (Å²) in [4.78, 5) is 25.8. The number of nitrogens with zero attached hydrogens (tertiary/aromatic N) is 1. The number of hydrogen-bond acceptors (Lipinski definition) is 3. The van der Waals surface area contributed by atoms with Crippen LogP contribution in [0.5, 0.6) is 0 Å². The van der Waals surface area contributed by atoms with Crippen LogP contribution in [-0.2, 0) is 27.2 Å². The van der Waals surface area contributed by atoms with Crippen molar-refractivity contribution in [2.45, 2.75) is 19.3 Å². The first-order valence-electron chi connectivity index (χ1n) is 7.92. The van der Waals surface area contributed by atoms with Gasteiger partial charge in [0.25, 0.3) is 5.91 Å². The van der Waals surface area contributed by atoms with Gasteiger partial charge in [0, 0.05) is 12.2 Å². The summed E-state index contributed by atoms with van der Waals surface area (Å²) >= 11 is 0. The Morgan fingerprint density at radius 2 is 1.83 bits per heavy atom. The molecule has 0 aromatic heterocycles. The summed E-state index contributed by atoms with van der Waals surface area (Å²) in [5.41, 5.74) is 2.26. The van der Waals surface area contributed by atoms with E-state index in [1.54, 1.807) is 17.0 Å². The first-order chi connectivity index (χ1) is 11.6. The monoisotopic (exact) mass is 327 g/mol. The largest absolute Gasteiger partial charge is 0.455 e. The van der Waals surface area contributed by atoms with Gasteiger partial charge in [-0.3, -0.25) is 9.59 Å². The Morgan fingerprint density at radius 3 is 2.67 bits per heavy atom. The number of halogens is 1. The van der Waals surface area contributed by atoms with Gasteiger partial charge < -0.3 is 9.64 Å². The molecule has 5 heteroatoms. The number of aryl methyl sites for hydroxylation is 1. The highest BCUT2D eigenvalue weighted by atomic mass is 19.1. The molecule has 1 heterocycles. The maximum Gasteiger partial charge on any atom is 0.310 e. The summed E-state index contributed by atoms with van der Waals surface area (Å²) in [6.07, 6.45) is 1.63. The van der Waals surface area contributed by atoms with Gasteiger partial charge in [-0.2, -0.15) is 0 Å². The molecule has 0 saturated carbocycles. The number of esters is 1. The lowest BCUT2D eigenvalue weighted by atomic mass is 10.0. The average molecular weight is 327 g/mol. The quantitative estimate of drug-likeness (QED) is 0.811. The Balaban J connectivity index is 1.58. The minimum atomic E-state index is -0.612. The Morgan fingerprint density at radius 1 is 1.08 bits per heavy atom. The molecule has 0 aliphatic carbocycles. The standard InChI is InChI=1S/C19H18FNO3/c20-16-9-3-1-7-15(16)12-19(23)24-13-18(22)21-11-5-8-14-6-2-4-10-17(14)21/h1-4,6-7,9-10H,5,8,11-13H2. The lowest BCUT2D eigenvalue weighted by Gasteiger charge is -2.29. The Bertz CT molecular complexity index is 760. The fourth-order valence-corrected chi connectivity index (χ4v) is 2.86. The number of anilines is 1. The number of benzene rings is 2. The number of ether oxygens (including phenoxy) is 1. The van der Waals surface area contributed by atoms with Crippen molar-refractivity contribution in [1.29, 1.82) is 0 Å². The number of hydrogen-bond donors (Lipinski definition) is 0. The zero-order valence-electron chi connectivity index (χ0n) is 13.2. The molecule has 0 radical (unpaired) electrons. The third-order valence-electron chi connectivity index (χ3n) is 4.06.